The average molecular weight is 412 g/mol. The van der Waals surface area contributed by atoms with Crippen LogP contribution in [0.3, 0.4) is 0 Å². The van der Waals surface area contributed by atoms with Crippen molar-refractivity contribution in [1.82, 2.24) is 20.2 Å². The van der Waals surface area contributed by atoms with Crippen LogP contribution in [-0.2, 0) is 11.3 Å². The molecule has 2 aromatic rings. The standard InChI is InChI=1S/C21H22ClN5O2/c1-11(2)18(20(28)26-13-5-3-12(7-23)4-6-13)27-10-15-16(22)9-25-19-17(15)14(8-24-19)21(27)29/h3,8-9,11,13,18H,4-6,10H2,1-2H3,(H,24,25)(H,26,28)/t13?,18-/m1/s1. The van der Waals surface area contributed by atoms with Gasteiger partial charge in [0, 0.05) is 41.5 Å². The van der Waals surface area contributed by atoms with Crippen LogP contribution in [0.4, 0.5) is 0 Å². The molecule has 0 saturated carbocycles. The third-order valence-corrected chi connectivity index (χ3v) is 6.04. The fraction of sp³-hybridized carbons (Fsp3) is 0.429. The zero-order valence-electron chi connectivity index (χ0n) is 16.3. The summed E-state index contributed by atoms with van der Waals surface area (Å²) in [4.78, 5) is 35.3. The summed E-state index contributed by atoms with van der Waals surface area (Å²) >= 11 is 6.38. The van der Waals surface area contributed by atoms with E-state index in [9.17, 15) is 9.59 Å². The molecule has 2 aromatic heterocycles. The Hall–Kier alpha value is -2.85. The minimum atomic E-state index is -0.619. The maximum absolute atomic E-state index is 13.2. The predicted molar refractivity (Wildman–Crippen MR) is 109 cm³/mol. The number of hydrogen-bond acceptors (Lipinski definition) is 4. The molecular formula is C21H22ClN5O2. The number of pyridine rings is 1. The Morgan fingerprint density at radius 1 is 1.48 bits per heavy atom. The highest BCUT2D eigenvalue weighted by molar-refractivity contribution is 6.32. The normalized spacial score (nSPS) is 19.8. The smallest absolute Gasteiger partial charge is 0.257 e. The second-order valence-corrected chi connectivity index (χ2v) is 8.36. The van der Waals surface area contributed by atoms with E-state index in [1.165, 1.54) is 0 Å². The lowest BCUT2D eigenvalue weighted by molar-refractivity contribution is -0.128. The van der Waals surface area contributed by atoms with Gasteiger partial charge >= 0.3 is 0 Å². The Bertz CT molecular complexity index is 1060. The number of nitriles is 1. The van der Waals surface area contributed by atoms with Gasteiger partial charge in [-0.2, -0.15) is 5.26 Å². The minimum Gasteiger partial charge on any atom is -0.351 e. The Kier molecular flexibility index (Phi) is 5.05. The first kappa shape index (κ1) is 19.5. The summed E-state index contributed by atoms with van der Waals surface area (Å²) < 4.78 is 0. The first-order chi connectivity index (χ1) is 13.9. The van der Waals surface area contributed by atoms with E-state index in [2.05, 4.69) is 21.4 Å². The highest BCUT2D eigenvalue weighted by atomic mass is 35.5. The van der Waals surface area contributed by atoms with Crippen molar-refractivity contribution in [2.45, 2.75) is 51.7 Å². The van der Waals surface area contributed by atoms with Crippen LogP contribution in [0.15, 0.2) is 24.0 Å². The third-order valence-electron chi connectivity index (χ3n) is 5.71. The summed E-state index contributed by atoms with van der Waals surface area (Å²) in [6, 6.07) is 1.53. The summed E-state index contributed by atoms with van der Waals surface area (Å²) in [5, 5.41) is 13.3. The zero-order valence-corrected chi connectivity index (χ0v) is 17.1. The quantitative estimate of drug-likeness (QED) is 0.805. The molecule has 1 aliphatic heterocycles. The number of aromatic amines is 1. The van der Waals surface area contributed by atoms with E-state index < -0.39 is 6.04 Å². The van der Waals surface area contributed by atoms with Crippen LogP contribution in [0, 0.1) is 17.2 Å². The summed E-state index contributed by atoms with van der Waals surface area (Å²) in [5.41, 5.74) is 2.69. The Labute approximate surface area is 173 Å². The van der Waals surface area contributed by atoms with E-state index >= 15 is 0 Å². The van der Waals surface area contributed by atoms with Gasteiger partial charge in [0.2, 0.25) is 5.91 Å². The molecule has 2 N–H and O–H groups in total. The number of allylic oxidation sites excluding steroid dienone is 1. The number of aromatic nitrogens is 2. The maximum atomic E-state index is 13.2. The molecule has 2 aliphatic rings. The molecule has 0 saturated heterocycles. The van der Waals surface area contributed by atoms with Crippen LogP contribution in [-0.4, -0.2) is 38.8 Å². The van der Waals surface area contributed by atoms with Crippen molar-refractivity contribution in [2.75, 3.05) is 0 Å². The van der Waals surface area contributed by atoms with Gasteiger partial charge in [-0.15, -0.1) is 0 Å². The Morgan fingerprint density at radius 3 is 2.93 bits per heavy atom. The molecule has 1 aliphatic carbocycles. The summed E-state index contributed by atoms with van der Waals surface area (Å²) in [6.07, 6.45) is 7.10. The molecule has 0 fully saturated rings. The number of nitrogens with zero attached hydrogens (tertiary/aromatic N) is 3. The predicted octanol–water partition coefficient (Wildman–Crippen LogP) is 3.32. The van der Waals surface area contributed by atoms with Crippen molar-refractivity contribution in [1.29, 1.82) is 5.26 Å². The topological polar surface area (TPSA) is 102 Å². The number of amides is 2. The number of H-pyrrole nitrogens is 1. The van der Waals surface area contributed by atoms with Crippen LogP contribution >= 0.6 is 11.6 Å². The molecule has 2 atom stereocenters. The van der Waals surface area contributed by atoms with Gasteiger partial charge in [-0.3, -0.25) is 9.59 Å². The summed E-state index contributed by atoms with van der Waals surface area (Å²) in [5.74, 6) is -0.450. The summed E-state index contributed by atoms with van der Waals surface area (Å²) in [6.45, 7) is 4.13. The van der Waals surface area contributed by atoms with Crippen molar-refractivity contribution < 1.29 is 9.59 Å². The molecule has 0 spiro atoms. The van der Waals surface area contributed by atoms with Crippen LogP contribution < -0.4 is 5.32 Å². The highest BCUT2D eigenvalue weighted by Crippen LogP contribution is 2.35. The van der Waals surface area contributed by atoms with Gasteiger partial charge in [-0.1, -0.05) is 31.5 Å². The fourth-order valence-corrected chi connectivity index (χ4v) is 4.44. The van der Waals surface area contributed by atoms with Crippen LogP contribution in [0.5, 0.6) is 0 Å². The van der Waals surface area contributed by atoms with Crippen molar-refractivity contribution in [2.24, 2.45) is 5.92 Å². The third kappa shape index (κ3) is 3.38. The van der Waals surface area contributed by atoms with Gasteiger partial charge < -0.3 is 15.2 Å². The molecule has 2 amide bonds. The van der Waals surface area contributed by atoms with Gasteiger partial charge in [-0.25, -0.2) is 4.98 Å². The molecule has 0 bridgehead atoms. The minimum absolute atomic E-state index is 0.0280. The molecule has 0 aromatic carbocycles. The molecule has 8 heteroatoms. The van der Waals surface area contributed by atoms with E-state index in [4.69, 9.17) is 16.9 Å². The van der Waals surface area contributed by atoms with Gasteiger partial charge in [0.25, 0.3) is 5.91 Å². The SMILES string of the molecule is CC(C)[C@H](C(=O)NC1CC=C(C#N)CC1)N1Cc2c(Cl)cnc3[nH]cc(c23)C1=O. The van der Waals surface area contributed by atoms with E-state index in [-0.39, 0.29) is 30.3 Å². The van der Waals surface area contributed by atoms with E-state index in [1.807, 2.05) is 19.9 Å². The zero-order chi connectivity index (χ0) is 20.7. The van der Waals surface area contributed by atoms with E-state index in [0.717, 1.165) is 22.9 Å². The lowest BCUT2D eigenvalue weighted by Gasteiger charge is -2.37. The number of hydrogen-bond donors (Lipinski definition) is 2. The summed E-state index contributed by atoms with van der Waals surface area (Å²) in [7, 11) is 0. The Morgan fingerprint density at radius 2 is 2.28 bits per heavy atom. The monoisotopic (exact) mass is 411 g/mol. The number of nitrogens with one attached hydrogen (secondary N) is 2. The lowest BCUT2D eigenvalue weighted by atomic mass is 9.93. The molecule has 1 unspecified atom stereocenters. The van der Waals surface area contributed by atoms with E-state index in [0.29, 0.717) is 29.1 Å². The first-order valence-electron chi connectivity index (χ1n) is 9.75. The van der Waals surface area contributed by atoms with Gasteiger partial charge in [-0.05, 0) is 25.2 Å². The number of carbonyl (C=O) groups excluding carboxylic acids is 2. The van der Waals surface area contributed by atoms with Crippen LogP contribution in [0.1, 0.15) is 49.0 Å². The van der Waals surface area contributed by atoms with Gasteiger partial charge in [0.05, 0.1) is 16.7 Å². The molecular weight excluding hydrogens is 390 g/mol. The number of rotatable bonds is 4. The van der Waals surface area contributed by atoms with Crippen LogP contribution in [0.2, 0.25) is 5.02 Å². The second-order valence-electron chi connectivity index (χ2n) is 7.95. The van der Waals surface area contributed by atoms with E-state index in [1.54, 1.807) is 17.3 Å². The number of halogens is 1. The molecule has 0 radical (unpaired) electrons. The molecule has 4 rings (SSSR count). The second kappa shape index (κ2) is 7.53. The van der Waals surface area contributed by atoms with Crippen molar-refractivity contribution in [3.8, 4) is 6.07 Å². The van der Waals surface area contributed by atoms with Crippen molar-refractivity contribution >= 4 is 34.4 Å². The van der Waals surface area contributed by atoms with Gasteiger partial charge in [0.15, 0.2) is 0 Å². The first-order valence-corrected chi connectivity index (χ1v) is 10.1. The van der Waals surface area contributed by atoms with Crippen molar-refractivity contribution in [3.63, 3.8) is 0 Å². The van der Waals surface area contributed by atoms with Crippen LogP contribution in [0.25, 0.3) is 11.0 Å². The van der Waals surface area contributed by atoms with Crippen molar-refractivity contribution in [3.05, 3.63) is 40.2 Å². The molecule has 3 heterocycles. The fourth-order valence-electron chi connectivity index (χ4n) is 4.24. The number of carbonyl (C=O) groups is 2. The van der Waals surface area contributed by atoms with Gasteiger partial charge in [0.1, 0.15) is 11.7 Å². The largest absolute Gasteiger partial charge is 0.351 e. The molecule has 150 valence electrons. The Balaban J connectivity index is 1.60. The highest BCUT2D eigenvalue weighted by Gasteiger charge is 2.38. The average Bonchev–Trinajstić information content (AvgIpc) is 3.13. The lowest BCUT2D eigenvalue weighted by Crippen LogP contribution is -2.54. The molecule has 7 nitrogen and oxygen atoms in total. The maximum Gasteiger partial charge on any atom is 0.257 e. The molecule has 29 heavy (non-hydrogen) atoms.